The summed E-state index contributed by atoms with van der Waals surface area (Å²) >= 11 is 11.1. The number of carboxylic acid groups (broad SMARTS) is 1. The third-order valence-corrected chi connectivity index (χ3v) is 2.54. The molecule has 1 aromatic rings. The average Bonchev–Trinajstić information content (AvgIpc) is 2.17. The van der Waals surface area contributed by atoms with E-state index in [1.807, 2.05) is 0 Å². The van der Waals surface area contributed by atoms with Crippen LogP contribution in [0.3, 0.4) is 0 Å². The summed E-state index contributed by atoms with van der Waals surface area (Å²) in [6.07, 6.45) is -4.70. The van der Waals surface area contributed by atoms with Gasteiger partial charge in [0.2, 0.25) is 0 Å². The molecule has 0 saturated carbocycles. The largest absolute Gasteiger partial charge is 0.478 e. The van der Waals surface area contributed by atoms with Gasteiger partial charge in [0, 0.05) is 6.08 Å². The van der Waals surface area contributed by atoms with Crippen LogP contribution in [0.2, 0.25) is 10.0 Å². The van der Waals surface area contributed by atoms with Gasteiger partial charge in [-0.25, -0.2) is 4.79 Å². The fourth-order valence-corrected chi connectivity index (χ4v) is 1.41. The second-order valence-corrected chi connectivity index (χ2v) is 3.84. The highest BCUT2D eigenvalue weighted by Gasteiger charge is 2.35. The molecule has 1 N–H and O–H groups in total. The van der Waals surface area contributed by atoms with Crippen LogP contribution in [-0.4, -0.2) is 17.3 Å². The molecule has 92 valence electrons. The predicted octanol–water partition coefficient (Wildman–Crippen LogP) is 4.02. The van der Waals surface area contributed by atoms with Crippen molar-refractivity contribution in [2.45, 2.75) is 6.18 Å². The van der Waals surface area contributed by atoms with E-state index in [1.54, 1.807) is 0 Å². The summed E-state index contributed by atoms with van der Waals surface area (Å²) < 4.78 is 37.8. The van der Waals surface area contributed by atoms with E-state index in [0.29, 0.717) is 0 Å². The van der Waals surface area contributed by atoms with Crippen LogP contribution in [0.5, 0.6) is 0 Å². The number of alkyl halides is 3. The first-order valence-electron chi connectivity index (χ1n) is 4.19. The molecule has 2 nitrogen and oxygen atoms in total. The lowest BCUT2D eigenvalue weighted by Gasteiger charge is -2.11. The molecular formula is C10H5Cl2F3O2. The molecule has 0 atom stereocenters. The molecule has 17 heavy (non-hydrogen) atoms. The zero-order valence-corrected chi connectivity index (χ0v) is 9.57. The smallest absolute Gasteiger partial charge is 0.417 e. The zero-order chi connectivity index (χ0) is 13.2. The molecule has 0 fully saturated rings. The summed E-state index contributed by atoms with van der Waals surface area (Å²) in [6, 6.07) is 3.18. The first kappa shape index (κ1) is 13.9. The van der Waals surface area contributed by atoms with Crippen LogP contribution in [0.1, 0.15) is 5.56 Å². The van der Waals surface area contributed by atoms with Gasteiger partial charge in [0.15, 0.2) is 0 Å². The van der Waals surface area contributed by atoms with Gasteiger partial charge >= 0.3 is 12.1 Å². The number of allylic oxidation sites excluding steroid dienone is 1. The van der Waals surface area contributed by atoms with Crippen LogP contribution >= 0.6 is 23.2 Å². The van der Waals surface area contributed by atoms with E-state index in [0.717, 1.165) is 12.1 Å². The van der Waals surface area contributed by atoms with E-state index in [2.05, 4.69) is 0 Å². The van der Waals surface area contributed by atoms with Crippen molar-refractivity contribution in [3.05, 3.63) is 39.9 Å². The van der Waals surface area contributed by atoms with Crippen LogP contribution in [-0.2, 0) is 4.79 Å². The number of aliphatic carboxylic acids is 1. The maximum absolute atomic E-state index is 12.6. The first-order chi connectivity index (χ1) is 7.71. The van der Waals surface area contributed by atoms with Crippen LogP contribution < -0.4 is 0 Å². The SMILES string of the molecule is O=C(O)C=C(c1ccc(Cl)c(Cl)c1)C(F)(F)F. The van der Waals surface area contributed by atoms with Crippen molar-refractivity contribution >= 4 is 34.7 Å². The fourth-order valence-electron chi connectivity index (χ4n) is 1.12. The van der Waals surface area contributed by atoms with Crippen molar-refractivity contribution in [1.82, 2.24) is 0 Å². The number of carbonyl (C=O) groups is 1. The van der Waals surface area contributed by atoms with Crippen molar-refractivity contribution < 1.29 is 23.1 Å². The maximum atomic E-state index is 12.6. The van der Waals surface area contributed by atoms with E-state index in [9.17, 15) is 18.0 Å². The Morgan fingerprint density at radius 2 is 1.82 bits per heavy atom. The van der Waals surface area contributed by atoms with Gasteiger partial charge in [-0.15, -0.1) is 0 Å². The number of hydrogen-bond acceptors (Lipinski definition) is 1. The number of halogens is 5. The molecule has 0 radical (unpaired) electrons. The van der Waals surface area contributed by atoms with Gasteiger partial charge in [0.25, 0.3) is 0 Å². The van der Waals surface area contributed by atoms with Gasteiger partial charge in [0.05, 0.1) is 15.6 Å². The van der Waals surface area contributed by atoms with Gasteiger partial charge in [0.1, 0.15) is 0 Å². The van der Waals surface area contributed by atoms with Gasteiger partial charge in [-0.1, -0.05) is 29.3 Å². The summed E-state index contributed by atoms with van der Waals surface area (Å²) in [5.41, 5.74) is -1.64. The second kappa shape index (κ2) is 4.98. The molecule has 1 aromatic carbocycles. The summed E-state index contributed by atoms with van der Waals surface area (Å²) in [5, 5.41) is 8.41. The Bertz CT molecular complexity index is 481. The van der Waals surface area contributed by atoms with Crippen LogP contribution in [0, 0.1) is 0 Å². The topological polar surface area (TPSA) is 37.3 Å². The predicted molar refractivity (Wildman–Crippen MR) is 58.1 cm³/mol. The molecule has 0 amide bonds. The first-order valence-corrected chi connectivity index (χ1v) is 4.94. The molecule has 0 heterocycles. The Labute approximate surface area is 104 Å². The Morgan fingerprint density at radius 3 is 2.24 bits per heavy atom. The Kier molecular flexibility index (Phi) is 4.06. The molecule has 0 aliphatic rings. The Balaban J connectivity index is 3.33. The summed E-state index contributed by atoms with van der Waals surface area (Å²) in [6.45, 7) is 0. The number of rotatable bonds is 2. The molecule has 0 unspecified atom stereocenters. The van der Waals surface area contributed by atoms with Gasteiger partial charge in [-0.05, 0) is 17.7 Å². The van der Waals surface area contributed by atoms with E-state index >= 15 is 0 Å². The van der Waals surface area contributed by atoms with E-state index in [1.165, 1.54) is 6.07 Å². The third kappa shape index (κ3) is 3.64. The molecule has 7 heteroatoms. The number of carboxylic acids is 1. The highest BCUT2D eigenvalue weighted by molar-refractivity contribution is 6.42. The van der Waals surface area contributed by atoms with E-state index < -0.39 is 17.7 Å². The molecule has 0 saturated heterocycles. The molecule has 0 bridgehead atoms. The van der Waals surface area contributed by atoms with Crippen molar-refractivity contribution in [3.63, 3.8) is 0 Å². The van der Waals surface area contributed by atoms with E-state index in [-0.39, 0.29) is 21.7 Å². The number of hydrogen-bond donors (Lipinski definition) is 1. The van der Waals surface area contributed by atoms with Crippen molar-refractivity contribution in [3.8, 4) is 0 Å². The van der Waals surface area contributed by atoms with Gasteiger partial charge in [-0.3, -0.25) is 0 Å². The fraction of sp³-hybridized carbons (Fsp3) is 0.100. The molecule has 0 spiro atoms. The van der Waals surface area contributed by atoms with Crippen LogP contribution in [0.4, 0.5) is 13.2 Å². The maximum Gasteiger partial charge on any atom is 0.417 e. The Hall–Kier alpha value is -1.20. The monoisotopic (exact) mass is 284 g/mol. The zero-order valence-electron chi connectivity index (χ0n) is 8.05. The van der Waals surface area contributed by atoms with Gasteiger partial charge < -0.3 is 5.11 Å². The van der Waals surface area contributed by atoms with Crippen molar-refractivity contribution in [1.29, 1.82) is 0 Å². The van der Waals surface area contributed by atoms with E-state index in [4.69, 9.17) is 28.3 Å². The van der Waals surface area contributed by atoms with Gasteiger partial charge in [-0.2, -0.15) is 13.2 Å². The highest BCUT2D eigenvalue weighted by Crippen LogP contribution is 2.36. The Morgan fingerprint density at radius 1 is 1.24 bits per heavy atom. The summed E-state index contributed by atoms with van der Waals surface area (Å²) in [7, 11) is 0. The summed E-state index contributed by atoms with van der Waals surface area (Å²) in [4.78, 5) is 10.3. The molecule has 1 rings (SSSR count). The standard InChI is InChI=1S/C10H5Cl2F3O2/c11-7-2-1-5(3-8(7)12)6(4-9(16)17)10(13,14)15/h1-4H,(H,16,17). The lowest BCUT2D eigenvalue weighted by molar-refractivity contribution is -0.131. The molecule has 0 aliphatic carbocycles. The second-order valence-electron chi connectivity index (χ2n) is 3.02. The van der Waals surface area contributed by atoms with Crippen LogP contribution in [0.25, 0.3) is 5.57 Å². The average molecular weight is 285 g/mol. The lowest BCUT2D eigenvalue weighted by atomic mass is 10.1. The van der Waals surface area contributed by atoms with Crippen molar-refractivity contribution in [2.24, 2.45) is 0 Å². The van der Waals surface area contributed by atoms with Crippen LogP contribution in [0.15, 0.2) is 24.3 Å². The third-order valence-electron chi connectivity index (χ3n) is 1.80. The quantitative estimate of drug-likeness (QED) is 0.833. The minimum atomic E-state index is -4.78. The molecule has 0 aliphatic heterocycles. The number of benzene rings is 1. The van der Waals surface area contributed by atoms with Crippen molar-refractivity contribution in [2.75, 3.05) is 0 Å². The molecule has 0 aromatic heterocycles. The highest BCUT2D eigenvalue weighted by atomic mass is 35.5. The normalized spacial score (nSPS) is 12.6. The lowest BCUT2D eigenvalue weighted by Crippen LogP contribution is -2.12. The minimum absolute atomic E-state index is 0.0790. The minimum Gasteiger partial charge on any atom is -0.478 e. The molecular weight excluding hydrogens is 280 g/mol. The summed E-state index contributed by atoms with van der Waals surface area (Å²) in [5.74, 6) is -1.69.